The Labute approximate surface area is 168 Å². The molecule has 0 aliphatic carbocycles. The zero-order valence-corrected chi connectivity index (χ0v) is 17.1. The minimum atomic E-state index is 0.662. The van der Waals surface area contributed by atoms with Crippen LogP contribution in [0, 0.1) is 6.92 Å². The van der Waals surface area contributed by atoms with Crippen molar-refractivity contribution in [2.75, 3.05) is 4.90 Å². The molecule has 3 aromatic rings. The van der Waals surface area contributed by atoms with E-state index in [1.807, 2.05) is 12.1 Å². The van der Waals surface area contributed by atoms with Crippen molar-refractivity contribution in [1.82, 2.24) is 0 Å². The number of unbranched alkanes of at least 4 members (excludes halogenated alkanes) is 1. The van der Waals surface area contributed by atoms with Gasteiger partial charge in [0.1, 0.15) is 0 Å². The SMILES string of the molecule is C=C(S)N(C(=C)c1ccccc1C)c1cccc2ccc(CCCC)cc12. The van der Waals surface area contributed by atoms with Gasteiger partial charge in [-0.15, -0.1) is 12.6 Å². The molecule has 0 saturated heterocycles. The standard InChI is InChI=1S/C25H27NS/c1-5-6-11-21-15-16-22-12-9-14-25(24(22)17-21)26(20(4)27)19(3)23-13-8-7-10-18(23)2/h7-10,12-17,27H,3-6,11H2,1-2H3. The zero-order valence-electron chi connectivity index (χ0n) is 16.2. The predicted octanol–water partition coefficient (Wildman–Crippen LogP) is 7.37. The molecular formula is C25H27NS. The van der Waals surface area contributed by atoms with Crippen molar-refractivity contribution in [3.8, 4) is 0 Å². The molecule has 0 spiro atoms. The Balaban J connectivity index is 2.13. The highest BCUT2D eigenvalue weighted by atomic mass is 32.1. The molecule has 0 aromatic heterocycles. The van der Waals surface area contributed by atoms with E-state index in [0.29, 0.717) is 5.03 Å². The largest absolute Gasteiger partial charge is 0.305 e. The average Bonchev–Trinajstić information content (AvgIpc) is 2.66. The fourth-order valence-corrected chi connectivity index (χ4v) is 3.72. The van der Waals surface area contributed by atoms with E-state index < -0.39 is 0 Å². The summed E-state index contributed by atoms with van der Waals surface area (Å²) < 4.78 is 0. The van der Waals surface area contributed by atoms with Crippen LogP contribution in [0.15, 0.2) is 78.9 Å². The lowest BCUT2D eigenvalue weighted by Crippen LogP contribution is -2.18. The van der Waals surface area contributed by atoms with Crippen LogP contribution in [0.3, 0.4) is 0 Å². The smallest absolute Gasteiger partial charge is 0.0695 e. The number of benzene rings is 3. The number of rotatable bonds is 7. The Kier molecular flexibility index (Phi) is 6.08. The van der Waals surface area contributed by atoms with Crippen molar-refractivity contribution < 1.29 is 0 Å². The van der Waals surface area contributed by atoms with Gasteiger partial charge in [-0.05, 0) is 48.4 Å². The first-order chi connectivity index (χ1) is 13.0. The molecule has 138 valence electrons. The van der Waals surface area contributed by atoms with Crippen LogP contribution in [0.2, 0.25) is 0 Å². The van der Waals surface area contributed by atoms with Crippen LogP contribution in [0.1, 0.15) is 36.5 Å². The number of aryl methyl sites for hydroxylation is 2. The molecule has 0 bridgehead atoms. The van der Waals surface area contributed by atoms with E-state index >= 15 is 0 Å². The lowest BCUT2D eigenvalue weighted by atomic mass is 10.0. The third-order valence-corrected chi connectivity index (χ3v) is 5.17. The van der Waals surface area contributed by atoms with Gasteiger partial charge >= 0.3 is 0 Å². The number of thiol groups is 1. The zero-order chi connectivity index (χ0) is 19.4. The van der Waals surface area contributed by atoms with Crippen LogP contribution >= 0.6 is 12.6 Å². The first kappa shape index (κ1) is 19.3. The quantitative estimate of drug-likeness (QED) is 0.423. The van der Waals surface area contributed by atoms with Crippen LogP contribution < -0.4 is 4.90 Å². The maximum Gasteiger partial charge on any atom is 0.0695 e. The first-order valence-corrected chi connectivity index (χ1v) is 9.92. The molecule has 0 fully saturated rings. The molecule has 3 rings (SSSR count). The highest BCUT2D eigenvalue weighted by Crippen LogP contribution is 2.36. The Morgan fingerprint density at radius 3 is 2.48 bits per heavy atom. The van der Waals surface area contributed by atoms with Crippen LogP contribution in [0.4, 0.5) is 5.69 Å². The van der Waals surface area contributed by atoms with E-state index in [0.717, 1.165) is 23.4 Å². The minimum absolute atomic E-state index is 0.662. The van der Waals surface area contributed by atoms with Gasteiger partial charge in [0.05, 0.1) is 10.7 Å². The van der Waals surface area contributed by atoms with Crippen molar-refractivity contribution in [2.45, 2.75) is 33.1 Å². The lowest BCUT2D eigenvalue weighted by Gasteiger charge is -2.28. The molecule has 0 saturated carbocycles. The number of hydrogen-bond donors (Lipinski definition) is 1. The third kappa shape index (κ3) is 4.12. The van der Waals surface area contributed by atoms with Crippen molar-refractivity contribution in [2.24, 2.45) is 0 Å². The number of fused-ring (bicyclic) bond motifs is 1. The molecular weight excluding hydrogens is 346 g/mol. The average molecular weight is 374 g/mol. The minimum Gasteiger partial charge on any atom is -0.305 e. The molecule has 0 N–H and O–H groups in total. The van der Waals surface area contributed by atoms with Crippen molar-refractivity contribution >= 4 is 34.8 Å². The summed E-state index contributed by atoms with van der Waals surface area (Å²) in [5, 5.41) is 3.08. The summed E-state index contributed by atoms with van der Waals surface area (Å²) >= 11 is 4.61. The summed E-state index contributed by atoms with van der Waals surface area (Å²) in [5.41, 5.74) is 5.61. The molecule has 0 atom stereocenters. The summed E-state index contributed by atoms with van der Waals surface area (Å²) in [6.45, 7) is 12.8. The van der Waals surface area contributed by atoms with Crippen LogP contribution in [-0.2, 0) is 6.42 Å². The molecule has 0 radical (unpaired) electrons. The molecule has 0 unspecified atom stereocenters. The monoisotopic (exact) mass is 373 g/mol. The van der Waals surface area contributed by atoms with Gasteiger partial charge in [0.2, 0.25) is 0 Å². The molecule has 2 heteroatoms. The van der Waals surface area contributed by atoms with E-state index in [1.54, 1.807) is 0 Å². The van der Waals surface area contributed by atoms with Crippen molar-refractivity contribution in [1.29, 1.82) is 0 Å². The third-order valence-electron chi connectivity index (χ3n) is 4.97. The van der Waals surface area contributed by atoms with Gasteiger partial charge in [0.15, 0.2) is 0 Å². The molecule has 0 heterocycles. The second-order valence-corrected chi connectivity index (χ2v) is 7.47. The second kappa shape index (κ2) is 8.49. The summed E-state index contributed by atoms with van der Waals surface area (Å²) in [4.78, 5) is 2.05. The van der Waals surface area contributed by atoms with E-state index in [1.165, 1.54) is 34.7 Å². The molecule has 0 aliphatic heterocycles. The van der Waals surface area contributed by atoms with Crippen molar-refractivity contribution in [3.63, 3.8) is 0 Å². The summed E-state index contributed by atoms with van der Waals surface area (Å²) in [6, 6.07) is 21.4. The van der Waals surface area contributed by atoms with Gasteiger partial charge < -0.3 is 4.90 Å². The van der Waals surface area contributed by atoms with Gasteiger partial charge in [-0.3, -0.25) is 0 Å². The van der Waals surface area contributed by atoms with Gasteiger partial charge in [-0.1, -0.05) is 75.0 Å². The van der Waals surface area contributed by atoms with Crippen LogP contribution in [0.5, 0.6) is 0 Å². The number of hydrogen-bond acceptors (Lipinski definition) is 2. The Bertz CT molecular complexity index is 987. The number of anilines is 1. The molecule has 27 heavy (non-hydrogen) atoms. The Hall–Kier alpha value is -2.45. The molecule has 3 aromatic carbocycles. The van der Waals surface area contributed by atoms with Gasteiger partial charge in [0.25, 0.3) is 0 Å². The topological polar surface area (TPSA) is 3.24 Å². The van der Waals surface area contributed by atoms with E-state index in [2.05, 4.69) is 93.1 Å². The molecule has 0 aliphatic rings. The summed E-state index contributed by atoms with van der Waals surface area (Å²) in [6.07, 6.45) is 3.50. The fraction of sp³-hybridized carbons (Fsp3) is 0.200. The highest BCUT2D eigenvalue weighted by Gasteiger charge is 2.17. The van der Waals surface area contributed by atoms with Crippen LogP contribution in [0.25, 0.3) is 16.5 Å². The van der Waals surface area contributed by atoms with E-state index in [9.17, 15) is 0 Å². The van der Waals surface area contributed by atoms with Gasteiger partial charge in [-0.25, -0.2) is 0 Å². The fourth-order valence-electron chi connectivity index (χ4n) is 3.49. The molecule has 0 amide bonds. The Morgan fingerprint density at radius 1 is 1.00 bits per heavy atom. The summed E-state index contributed by atoms with van der Waals surface area (Å²) in [7, 11) is 0. The van der Waals surface area contributed by atoms with Gasteiger partial charge in [-0.2, -0.15) is 0 Å². The second-order valence-electron chi connectivity index (χ2n) is 6.95. The molecule has 1 nitrogen and oxygen atoms in total. The van der Waals surface area contributed by atoms with E-state index in [4.69, 9.17) is 0 Å². The normalized spacial score (nSPS) is 10.8. The number of nitrogens with zero attached hydrogens (tertiary/aromatic N) is 1. The lowest BCUT2D eigenvalue weighted by molar-refractivity contribution is 0.796. The maximum atomic E-state index is 4.61. The highest BCUT2D eigenvalue weighted by molar-refractivity contribution is 7.84. The Morgan fingerprint density at radius 2 is 1.78 bits per heavy atom. The van der Waals surface area contributed by atoms with Crippen LogP contribution in [-0.4, -0.2) is 0 Å². The van der Waals surface area contributed by atoms with E-state index in [-0.39, 0.29) is 0 Å². The maximum absolute atomic E-state index is 4.61. The van der Waals surface area contributed by atoms with Crippen molar-refractivity contribution in [3.05, 3.63) is 95.5 Å². The predicted molar refractivity (Wildman–Crippen MR) is 123 cm³/mol. The first-order valence-electron chi connectivity index (χ1n) is 9.47. The van der Waals surface area contributed by atoms with Gasteiger partial charge in [0, 0.05) is 16.6 Å². The summed E-state index contributed by atoms with van der Waals surface area (Å²) in [5.74, 6) is 0.